The van der Waals surface area contributed by atoms with E-state index in [4.69, 9.17) is 5.73 Å². The number of carbonyl (C=O) groups is 1. The van der Waals surface area contributed by atoms with Gasteiger partial charge in [0.15, 0.2) is 0 Å². The molecule has 5 N–H and O–H groups in total. The van der Waals surface area contributed by atoms with E-state index in [1.165, 1.54) is 36.4 Å². The summed E-state index contributed by atoms with van der Waals surface area (Å²) in [4.78, 5) is 11.3. The van der Waals surface area contributed by atoms with Gasteiger partial charge < -0.3 is 21.3 Å². The van der Waals surface area contributed by atoms with E-state index < -0.39 is 27.7 Å². The molecule has 9 heteroatoms. The molecule has 1 atom stereocenters. The van der Waals surface area contributed by atoms with Crippen LogP contribution in [-0.4, -0.2) is 37.6 Å². The molecule has 0 fully saturated rings. The molecule has 0 unspecified atom stereocenters. The average Bonchev–Trinajstić information content (AvgIpc) is 2.77. The number of amides is 1. The Morgan fingerprint density at radius 1 is 1.03 bits per heavy atom. The highest BCUT2D eigenvalue weighted by molar-refractivity contribution is 7.91. The Bertz CT molecular complexity index is 1210. The van der Waals surface area contributed by atoms with Crippen LogP contribution in [0.5, 0.6) is 5.75 Å². The van der Waals surface area contributed by atoms with Crippen LogP contribution in [0.1, 0.15) is 27.6 Å². The summed E-state index contributed by atoms with van der Waals surface area (Å²) in [7, 11) is -3.90. The minimum atomic E-state index is -3.90. The predicted octanol–water partition coefficient (Wildman–Crippen LogP) is 2.33. The number of nitrogens with two attached hydrogens (primary N) is 1. The topological polar surface area (TPSA) is 130 Å². The van der Waals surface area contributed by atoms with E-state index in [0.717, 1.165) is 17.7 Å². The molecule has 32 heavy (non-hydrogen) atoms. The molecule has 0 spiro atoms. The third-order valence-corrected chi connectivity index (χ3v) is 6.71. The molecule has 0 aliphatic heterocycles. The predicted molar refractivity (Wildman–Crippen MR) is 116 cm³/mol. The lowest BCUT2D eigenvalue weighted by Crippen LogP contribution is -2.23. The van der Waals surface area contributed by atoms with Gasteiger partial charge in [0, 0.05) is 6.54 Å². The van der Waals surface area contributed by atoms with Gasteiger partial charge in [0.2, 0.25) is 9.84 Å². The summed E-state index contributed by atoms with van der Waals surface area (Å²) in [6.07, 6.45) is -0.254. The molecule has 3 aromatic carbocycles. The Kier molecular flexibility index (Phi) is 7.24. The van der Waals surface area contributed by atoms with Crippen molar-refractivity contribution < 1.29 is 27.8 Å². The second-order valence-corrected chi connectivity index (χ2v) is 9.17. The molecule has 0 saturated heterocycles. The van der Waals surface area contributed by atoms with Crippen molar-refractivity contribution in [2.24, 2.45) is 5.73 Å². The van der Waals surface area contributed by atoms with Crippen LogP contribution in [0.3, 0.4) is 0 Å². The number of benzene rings is 3. The van der Waals surface area contributed by atoms with Gasteiger partial charge in [0.25, 0.3) is 5.91 Å². The monoisotopic (exact) mass is 458 g/mol. The molecule has 168 valence electrons. The van der Waals surface area contributed by atoms with Crippen molar-refractivity contribution in [3.63, 3.8) is 0 Å². The smallest absolute Gasteiger partial charge is 0.252 e. The third-order valence-electron chi connectivity index (χ3n) is 4.94. The number of phenols is 1. The van der Waals surface area contributed by atoms with E-state index in [1.807, 2.05) is 0 Å². The highest BCUT2D eigenvalue weighted by Gasteiger charge is 2.20. The molecule has 0 aromatic heterocycles. The number of halogens is 1. The molecule has 1 amide bonds. The first kappa shape index (κ1) is 23.4. The van der Waals surface area contributed by atoms with Crippen LogP contribution in [0.25, 0.3) is 0 Å². The van der Waals surface area contributed by atoms with Crippen molar-refractivity contribution in [1.82, 2.24) is 5.32 Å². The highest BCUT2D eigenvalue weighted by Crippen LogP contribution is 2.26. The molecule has 0 aliphatic carbocycles. The second kappa shape index (κ2) is 9.90. The lowest BCUT2D eigenvalue weighted by atomic mass is 10.1. The van der Waals surface area contributed by atoms with E-state index in [0.29, 0.717) is 18.5 Å². The minimum absolute atomic E-state index is 0.0387. The van der Waals surface area contributed by atoms with Crippen LogP contribution < -0.4 is 11.1 Å². The molecule has 0 saturated carbocycles. The molecule has 0 aliphatic rings. The summed E-state index contributed by atoms with van der Waals surface area (Å²) in [5, 5.41) is 22.9. The molecule has 7 nitrogen and oxygen atoms in total. The van der Waals surface area contributed by atoms with E-state index in [-0.39, 0.29) is 27.6 Å². The number of rotatable bonds is 9. The van der Waals surface area contributed by atoms with Crippen molar-refractivity contribution in [3.05, 3.63) is 89.2 Å². The zero-order valence-corrected chi connectivity index (χ0v) is 17.8. The zero-order chi connectivity index (χ0) is 23.3. The number of hydrogen-bond donors (Lipinski definition) is 4. The first-order valence-electron chi connectivity index (χ1n) is 9.79. The zero-order valence-electron chi connectivity index (χ0n) is 17.0. The molecule has 3 rings (SSSR count). The first-order chi connectivity index (χ1) is 15.2. The Hall–Kier alpha value is -3.27. The summed E-state index contributed by atoms with van der Waals surface area (Å²) in [5.41, 5.74) is 6.26. The molecule has 0 bridgehead atoms. The summed E-state index contributed by atoms with van der Waals surface area (Å²) in [6.45, 7) is 0.775. The van der Waals surface area contributed by atoms with E-state index in [2.05, 4.69) is 5.32 Å². The van der Waals surface area contributed by atoms with Crippen molar-refractivity contribution in [2.75, 3.05) is 13.1 Å². The Balaban J connectivity index is 1.60. The largest absolute Gasteiger partial charge is 0.507 e. The van der Waals surface area contributed by atoms with E-state index in [9.17, 15) is 27.8 Å². The fourth-order valence-corrected chi connectivity index (χ4v) is 4.44. The van der Waals surface area contributed by atoms with E-state index in [1.54, 1.807) is 18.2 Å². The maximum absolute atomic E-state index is 13.2. The standard InChI is InChI=1S/C23H23FN2O5S/c24-17-3-1-2-16(12-17)22(28)14-26-11-10-15-4-6-18(7-5-15)32(30,31)19-8-9-21(27)20(13-19)23(25)29/h1-9,12-13,22,26-28H,10-11,14H2,(H2,25,29)/t22-/m1/s1. The van der Waals surface area contributed by atoms with Gasteiger partial charge in [-0.1, -0.05) is 24.3 Å². The fourth-order valence-electron chi connectivity index (χ4n) is 3.15. The summed E-state index contributed by atoms with van der Waals surface area (Å²) < 4.78 is 38.9. The van der Waals surface area contributed by atoms with Crippen LogP contribution >= 0.6 is 0 Å². The Morgan fingerprint density at radius 2 is 1.72 bits per heavy atom. The van der Waals surface area contributed by atoms with Crippen molar-refractivity contribution in [3.8, 4) is 5.75 Å². The van der Waals surface area contributed by atoms with E-state index >= 15 is 0 Å². The SMILES string of the molecule is NC(=O)c1cc(S(=O)(=O)c2ccc(CCNC[C@@H](O)c3cccc(F)c3)cc2)ccc1O. The van der Waals surface area contributed by atoms with Gasteiger partial charge in [0.1, 0.15) is 11.6 Å². The second-order valence-electron chi connectivity index (χ2n) is 7.22. The van der Waals surface area contributed by atoms with Crippen LogP contribution in [0, 0.1) is 5.82 Å². The first-order valence-corrected chi connectivity index (χ1v) is 11.3. The summed E-state index contributed by atoms with van der Waals surface area (Å²) in [5.74, 6) is -1.72. The number of hydrogen-bond acceptors (Lipinski definition) is 6. The fraction of sp³-hybridized carbons (Fsp3) is 0.174. The van der Waals surface area contributed by atoms with Gasteiger partial charge in [-0.2, -0.15) is 0 Å². The lowest BCUT2D eigenvalue weighted by Gasteiger charge is -2.12. The van der Waals surface area contributed by atoms with Crippen molar-refractivity contribution >= 4 is 15.7 Å². The Morgan fingerprint density at radius 3 is 2.38 bits per heavy atom. The van der Waals surface area contributed by atoms with Crippen LogP contribution in [-0.2, 0) is 16.3 Å². The normalized spacial score (nSPS) is 12.4. The molecule has 0 heterocycles. The van der Waals surface area contributed by atoms with Gasteiger partial charge in [0.05, 0.1) is 21.5 Å². The van der Waals surface area contributed by atoms with Gasteiger partial charge >= 0.3 is 0 Å². The number of carbonyl (C=O) groups excluding carboxylic acids is 1. The number of aliphatic hydroxyl groups is 1. The maximum atomic E-state index is 13.2. The van der Waals surface area contributed by atoms with Crippen LogP contribution in [0.4, 0.5) is 4.39 Å². The van der Waals surface area contributed by atoms with Crippen LogP contribution in [0.2, 0.25) is 0 Å². The van der Waals surface area contributed by atoms with Gasteiger partial charge in [-0.15, -0.1) is 0 Å². The number of aliphatic hydroxyl groups excluding tert-OH is 1. The third kappa shape index (κ3) is 5.50. The number of primary amides is 1. The van der Waals surface area contributed by atoms with Gasteiger partial charge in [-0.25, -0.2) is 12.8 Å². The average molecular weight is 459 g/mol. The number of sulfone groups is 1. The molecule has 0 radical (unpaired) electrons. The maximum Gasteiger partial charge on any atom is 0.252 e. The Labute approximate surface area is 185 Å². The summed E-state index contributed by atoms with van der Waals surface area (Å²) >= 11 is 0. The number of aromatic hydroxyl groups is 1. The van der Waals surface area contributed by atoms with Gasteiger partial charge in [-0.3, -0.25) is 4.79 Å². The van der Waals surface area contributed by atoms with Crippen molar-refractivity contribution in [2.45, 2.75) is 22.3 Å². The molecule has 3 aromatic rings. The highest BCUT2D eigenvalue weighted by atomic mass is 32.2. The number of nitrogens with one attached hydrogen (secondary N) is 1. The quantitative estimate of drug-likeness (QED) is 0.364. The lowest BCUT2D eigenvalue weighted by molar-refractivity contribution is 0.0997. The van der Waals surface area contributed by atoms with Crippen LogP contribution in [0.15, 0.2) is 76.5 Å². The molecular formula is C23H23FN2O5S. The minimum Gasteiger partial charge on any atom is -0.507 e. The van der Waals surface area contributed by atoms with Crippen molar-refractivity contribution in [1.29, 1.82) is 0 Å². The van der Waals surface area contributed by atoms with Gasteiger partial charge in [-0.05, 0) is 66.6 Å². The molecular weight excluding hydrogens is 435 g/mol. The summed E-state index contributed by atoms with van der Waals surface area (Å²) in [6, 6.07) is 15.4.